The molecular weight excluding hydrogens is 289 g/mol. The molecule has 1 aliphatic rings. The van der Waals surface area contributed by atoms with Crippen molar-refractivity contribution in [2.45, 2.75) is 51.1 Å². The van der Waals surface area contributed by atoms with Crippen LogP contribution in [0.15, 0.2) is 16.8 Å². The van der Waals surface area contributed by atoms with Crippen molar-refractivity contribution >= 4 is 17.2 Å². The third-order valence-corrected chi connectivity index (χ3v) is 4.16. The topological polar surface area (TPSA) is 32.3 Å². The molecule has 1 aromatic rings. The number of nitrogens with zero attached hydrogens (tertiary/aromatic N) is 1. The number of hydrogen-bond acceptors (Lipinski definition) is 3. The monoisotopic (exact) mass is 306 g/mol. The molecule has 0 bridgehead atoms. The molecule has 1 N–H and O–H groups in total. The number of carbonyl (C=O) groups is 1. The van der Waals surface area contributed by atoms with Gasteiger partial charge in [-0.25, -0.2) is 0 Å². The minimum atomic E-state index is -4.27. The third kappa shape index (κ3) is 3.15. The maximum atomic E-state index is 12.6. The van der Waals surface area contributed by atoms with Crippen LogP contribution in [-0.4, -0.2) is 29.1 Å². The van der Waals surface area contributed by atoms with E-state index in [-0.39, 0.29) is 5.91 Å². The Labute approximate surface area is 119 Å². The fourth-order valence-corrected chi connectivity index (χ4v) is 3.21. The van der Waals surface area contributed by atoms with Crippen LogP contribution in [0.3, 0.4) is 0 Å². The van der Waals surface area contributed by atoms with E-state index >= 15 is 0 Å². The van der Waals surface area contributed by atoms with Crippen LogP contribution in [0.2, 0.25) is 0 Å². The summed E-state index contributed by atoms with van der Waals surface area (Å²) in [6, 6.07) is 0.549. The average Bonchev–Trinajstić information content (AvgIpc) is 2.93. The number of alkyl halides is 3. The number of rotatable bonds is 4. The van der Waals surface area contributed by atoms with Gasteiger partial charge >= 0.3 is 6.18 Å². The van der Waals surface area contributed by atoms with Crippen LogP contribution in [-0.2, 0) is 4.79 Å². The minimum Gasteiger partial charge on any atom is -0.318 e. The predicted octanol–water partition coefficient (Wildman–Crippen LogP) is 3.30. The summed E-state index contributed by atoms with van der Waals surface area (Å²) in [5.41, 5.74) is 0.841. The Balaban J connectivity index is 2.23. The van der Waals surface area contributed by atoms with Gasteiger partial charge in [0.15, 0.2) is 0 Å². The van der Waals surface area contributed by atoms with Gasteiger partial charge in [-0.1, -0.05) is 6.92 Å². The summed E-state index contributed by atoms with van der Waals surface area (Å²) in [6.45, 7) is 3.29. The molecule has 1 aromatic heterocycles. The van der Waals surface area contributed by atoms with Crippen LogP contribution < -0.4 is 5.32 Å². The molecule has 0 aliphatic carbocycles. The van der Waals surface area contributed by atoms with Gasteiger partial charge in [-0.05, 0) is 35.7 Å². The number of hydrogen-bond donors (Lipinski definition) is 1. The van der Waals surface area contributed by atoms with Gasteiger partial charge < -0.3 is 4.90 Å². The first kappa shape index (κ1) is 15.3. The van der Waals surface area contributed by atoms with E-state index in [1.807, 2.05) is 23.8 Å². The highest BCUT2D eigenvalue weighted by Gasteiger charge is 2.44. The molecule has 1 fully saturated rings. The lowest BCUT2D eigenvalue weighted by Crippen LogP contribution is -2.40. The van der Waals surface area contributed by atoms with Gasteiger partial charge in [0.05, 0.1) is 12.5 Å². The fraction of sp³-hybridized carbons (Fsp3) is 0.615. The van der Waals surface area contributed by atoms with Gasteiger partial charge in [0.1, 0.15) is 6.17 Å². The standard InChI is InChI=1S/C13H17F3N2OS/c1-3-10-12(19)18(8(2)6-13(14,15)16)11(17-10)9-4-5-20-7-9/h4-5,7-8,10-11,17H,3,6H2,1-2H3. The van der Waals surface area contributed by atoms with Crippen molar-refractivity contribution in [3.63, 3.8) is 0 Å². The largest absolute Gasteiger partial charge is 0.391 e. The van der Waals surface area contributed by atoms with E-state index in [9.17, 15) is 18.0 Å². The first-order chi connectivity index (χ1) is 9.33. The molecule has 0 spiro atoms. The van der Waals surface area contributed by atoms with Gasteiger partial charge in [0.25, 0.3) is 0 Å². The van der Waals surface area contributed by atoms with Crippen LogP contribution in [0.1, 0.15) is 38.4 Å². The number of halogens is 3. The summed E-state index contributed by atoms with van der Waals surface area (Å²) >= 11 is 1.46. The smallest absolute Gasteiger partial charge is 0.318 e. The normalized spacial score (nSPS) is 25.2. The molecule has 2 heterocycles. The third-order valence-electron chi connectivity index (χ3n) is 3.46. The van der Waals surface area contributed by atoms with Crippen LogP contribution in [0.4, 0.5) is 13.2 Å². The maximum absolute atomic E-state index is 12.6. The van der Waals surface area contributed by atoms with Crippen molar-refractivity contribution in [3.05, 3.63) is 22.4 Å². The van der Waals surface area contributed by atoms with E-state index < -0.39 is 30.8 Å². The average molecular weight is 306 g/mol. The molecule has 1 saturated heterocycles. The zero-order valence-electron chi connectivity index (χ0n) is 11.3. The van der Waals surface area contributed by atoms with E-state index in [0.29, 0.717) is 6.42 Å². The Morgan fingerprint density at radius 3 is 2.70 bits per heavy atom. The van der Waals surface area contributed by atoms with E-state index in [2.05, 4.69) is 5.32 Å². The van der Waals surface area contributed by atoms with Crippen molar-refractivity contribution in [2.24, 2.45) is 0 Å². The number of thiophene rings is 1. The number of amides is 1. The van der Waals surface area contributed by atoms with Gasteiger partial charge in [0.2, 0.25) is 5.91 Å². The molecule has 20 heavy (non-hydrogen) atoms. The minimum absolute atomic E-state index is 0.250. The van der Waals surface area contributed by atoms with Gasteiger partial charge in [-0.15, -0.1) is 0 Å². The predicted molar refractivity (Wildman–Crippen MR) is 71.3 cm³/mol. The van der Waals surface area contributed by atoms with E-state index in [1.165, 1.54) is 23.2 Å². The lowest BCUT2D eigenvalue weighted by molar-refractivity contribution is -0.153. The quantitative estimate of drug-likeness (QED) is 0.925. The SMILES string of the molecule is CCC1NC(c2ccsc2)N(C(C)CC(F)(F)F)C1=O. The van der Waals surface area contributed by atoms with E-state index in [0.717, 1.165) is 5.56 Å². The van der Waals surface area contributed by atoms with Gasteiger partial charge in [-0.2, -0.15) is 24.5 Å². The highest BCUT2D eigenvalue weighted by atomic mass is 32.1. The first-order valence-corrected chi connectivity index (χ1v) is 7.45. The van der Waals surface area contributed by atoms with Crippen LogP contribution in [0.25, 0.3) is 0 Å². The Kier molecular flexibility index (Phi) is 4.39. The van der Waals surface area contributed by atoms with E-state index in [1.54, 1.807) is 0 Å². The summed E-state index contributed by atoms with van der Waals surface area (Å²) in [5.74, 6) is -0.250. The second kappa shape index (κ2) is 5.73. The van der Waals surface area contributed by atoms with Crippen molar-refractivity contribution in [3.8, 4) is 0 Å². The van der Waals surface area contributed by atoms with Crippen molar-refractivity contribution in [1.82, 2.24) is 10.2 Å². The zero-order chi connectivity index (χ0) is 14.9. The highest BCUT2D eigenvalue weighted by Crippen LogP contribution is 2.33. The molecule has 7 heteroatoms. The highest BCUT2D eigenvalue weighted by molar-refractivity contribution is 7.07. The Bertz CT molecular complexity index is 461. The molecule has 0 saturated carbocycles. The summed E-state index contributed by atoms with van der Waals surface area (Å²) in [6.07, 6.45) is -5.16. The van der Waals surface area contributed by atoms with Gasteiger partial charge in [-0.3, -0.25) is 10.1 Å². The Morgan fingerprint density at radius 1 is 1.50 bits per heavy atom. The van der Waals surface area contributed by atoms with Crippen molar-refractivity contribution < 1.29 is 18.0 Å². The number of nitrogens with one attached hydrogen (secondary N) is 1. The molecule has 1 amide bonds. The Morgan fingerprint density at radius 2 is 2.20 bits per heavy atom. The second-order valence-corrected chi connectivity index (χ2v) is 5.78. The van der Waals surface area contributed by atoms with Crippen LogP contribution in [0.5, 0.6) is 0 Å². The molecule has 0 aromatic carbocycles. The lowest BCUT2D eigenvalue weighted by atomic mass is 10.1. The summed E-state index contributed by atoms with van der Waals surface area (Å²) < 4.78 is 37.7. The zero-order valence-corrected chi connectivity index (χ0v) is 12.1. The molecule has 3 unspecified atom stereocenters. The van der Waals surface area contributed by atoms with E-state index in [4.69, 9.17) is 0 Å². The summed E-state index contributed by atoms with van der Waals surface area (Å²) in [7, 11) is 0. The number of carbonyl (C=O) groups excluding carboxylic acids is 1. The van der Waals surface area contributed by atoms with Crippen molar-refractivity contribution in [2.75, 3.05) is 0 Å². The fourth-order valence-electron chi connectivity index (χ4n) is 2.53. The summed E-state index contributed by atoms with van der Waals surface area (Å²) in [4.78, 5) is 13.6. The first-order valence-electron chi connectivity index (χ1n) is 6.50. The summed E-state index contributed by atoms with van der Waals surface area (Å²) in [5, 5.41) is 6.84. The molecule has 1 aliphatic heterocycles. The van der Waals surface area contributed by atoms with Crippen molar-refractivity contribution in [1.29, 1.82) is 0 Å². The molecular formula is C13H17F3N2OS. The molecule has 112 valence electrons. The molecule has 0 radical (unpaired) electrons. The van der Waals surface area contributed by atoms with Crippen LogP contribution >= 0.6 is 11.3 Å². The maximum Gasteiger partial charge on any atom is 0.391 e. The Hall–Kier alpha value is -1.08. The van der Waals surface area contributed by atoms with Gasteiger partial charge in [0, 0.05) is 6.04 Å². The van der Waals surface area contributed by atoms with Crippen LogP contribution in [0, 0.1) is 0 Å². The lowest BCUT2D eigenvalue weighted by Gasteiger charge is -2.30. The molecule has 3 nitrogen and oxygen atoms in total. The molecule has 2 rings (SSSR count). The second-order valence-electron chi connectivity index (χ2n) is 5.00. The molecule has 3 atom stereocenters.